The van der Waals surface area contributed by atoms with E-state index in [1.54, 1.807) is 31.2 Å². The van der Waals surface area contributed by atoms with Gasteiger partial charge in [-0.15, -0.1) is 0 Å². The van der Waals surface area contributed by atoms with Crippen LogP contribution in [0.3, 0.4) is 0 Å². The summed E-state index contributed by atoms with van der Waals surface area (Å²) in [5.74, 6) is -1.23. The number of carbonyl (C=O) groups excluding carboxylic acids is 2. The van der Waals surface area contributed by atoms with Gasteiger partial charge in [0.1, 0.15) is 16.6 Å². The molecule has 2 aromatic carbocycles. The Morgan fingerprint density at radius 3 is 2.38 bits per heavy atom. The summed E-state index contributed by atoms with van der Waals surface area (Å²) < 4.78 is 18.6. The van der Waals surface area contributed by atoms with Gasteiger partial charge in [0.15, 0.2) is 0 Å². The molecule has 0 saturated carbocycles. The zero-order valence-corrected chi connectivity index (χ0v) is 13.5. The number of rotatable bonds is 4. The van der Waals surface area contributed by atoms with Crippen molar-refractivity contribution in [2.75, 3.05) is 11.5 Å². The highest BCUT2D eigenvalue weighted by molar-refractivity contribution is 6.60. The van der Waals surface area contributed by atoms with Gasteiger partial charge in [-0.3, -0.25) is 9.59 Å². The van der Waals surface area contributed by atoms with Crippen LogP contribution in [0.2, 0.25) is 0 Å². The summed E-state index contributed by atoms with van der Waals surface area (Å²) in [6.07, 6.45) is 0. The van der Waals surface area contributed by atoms with Crippen LogP contribution in [0.5, 0.6) is 5.75 Å². The fourth-order valence-corrected chi connectivity index (χ4v) is 2.78. The van der Waals surface area contributed by atoms with Gasteiger partial charge in [-0.25, -0.2) is 9.29 Å². The number of imide groups is 1. The van der Waals surface area contributed by atoms with E-state index < -0.39 is 17.6 Å². The van der Waals surface area contributed by atoms with Crippen molar-refractivity contribution in [2.45, 2.75) is 6.92 Å². The average molecular weight is 346 g/mol. The van der Waals surface area contributed by atoms with Crippen molar-refractivity contribution in [3.05, 3.63) is 64.9 Å². The van der Waals surface area contributed by atoms with Crippen molar-refractivity contribution >= 4 is 34.7 Å². The van der Waals surface area contributed by atoms with Crippen LogP contribution >= 0.6 is 11.6 Å². The monoisotopic (exact) mass is 345 g/mol. The van der Waals surface area contributed by atoms with Crippen molar-refractivity contribution < 1.29 is 18.7 Å². The van der Waals surface area contributed by atoms with E-state index in [0.29, 0.717) is 23.6 Å². The molecule has 0 saturated heterocycles. The smallest absolute Gasteiger partial charge is 0.277 e. The maximum Gasteiger partial charge on any atom is 0.277 e. The Hall–Kier alpha value is -2.66. The first-order chi connectivity index (χ1) is 11.5. The van der Waals surface area contributed by atoms with Gasteiger partial charge in [0, 0.05) is 0 Å². The van der Waals surface area contributed by atoms with Crippen LogP contribution in [0.15, 0.2) is 53.6 Å². The molecular weight excluding hydrogens is 333 g/mol. The highest BCUT2D eigenvalue weighted by Crippen LogP contribution is 2.38. The molecule has 1 aliphatic rings. The third-order valence-electron chi connectivity index (χ3n) is 3.57. The molecule has 0 atom stereocenters. The minimum Gasteiger partial charge on any atom is -0.492 e. The van der Waals surface area contributed by atoms with Crippen molar-refractivity contribution in [1.29, 1.82) is 0 Å². The van der Waals surface area contributed by atoms with E-state index in [1.165, 1.54) is 24.3 Å². The summed E-state index contributed by atoms with van der Waals surface area (Å²) in [4.78, 5) is 26.3. The number of nitrogens with zero attached hydrogens (tertiary/aromatic N) is 1. The highest BCUT2D eigenvalue weighted by atomic mass is 35.5. The molecule has 6 heteroatoms. The second kappa shape index (κ2) is 6.45. The quantitative estimate of drug-likeness (QED) is 0.793. The zero-order valence-electron chi connectivity index (χ0n) is 12.8. The van der Waals surface area contributed by atoms with E-state index in [1.807, 2.05) is 0 Å². The summed E-state index contributed by atoms with van der Waals surface area (Å²) >= 11 is 6.10. The molecule has 2 aromatic rings. The molecule has 1 heterocycles. The maximum absolute atomic E-state index is 13.1. The van der Waals surface area contributed by atoms with Crippen molar-refractivity contribution in [3.8, 4) is 5.75 Å². The lowest BCUT2D eigenvalue weighted by Gasteiger charge is -2.18. The fraction of sp³-hybridized carbons (Fsp3) is 0.111. The number of ether oxygens (including phenoxy) is 1. The molecule has 0 bridgehead atoms. The molecule has 0 unspecified atom stereocenters. The normalized spacial score (nSPS) is 14.5. The van der Waals surface area contributed by atoms with Crippen LogP contribution in [-0.2, 0) is 9.59 Å². The van der Waals surface area contributed by atoms with E-state index >= 15 is 0 Å². The van der Waals surface area contributed by atoms with Crippen LogP contribution in [0.25, 0.3) is 5.57 Å². The Bertz CT molecular complexity index is 846. The number of halogens is 2. The van der Waals surface area contributed by atoms with Gasteiger partial charge in [0.05, 0.1) is 17.9 Å². The first-order valence-corrected chi connectivity index (χ1v) is 7.68. The fourth-order valence-electron chi connectivity index (χ4n) is 2.51. The van der Waals surface area contributed by atoms with Gasteiger partial charge in [0.25, 0.3) is 11.8 Å². The molecule has 24 heavy (non-hydrogen) atoms. The summed E-state index contributed by atoms with van der Waals surface area (Å²) in [7, 11) is 0. The van der Waals surface area contributed by atoms with E-state index in [0.717, 1.165) is 4.90 Å². The van der Waals surface area contributed by atoms with Crippen LogP contribution in [0, 0.1) is 5.82 Å². The van der Waals surface area contributed by atoms with Gasteiger partial charge in [-0.1, -0.05) is 35.9 Å². The minimum absolute atomic E-state index is 0.0490. The van der Waals surface area contributed by atoms with Crippen LogP contribution in [0.4, 0.5) is 10.1 Å². The van der Waals surface area contributed by atoms with E-state index in [4.69, 9.17) is 16.3 Å². The standard InChI is InChI=1S/C18H13ClFNO3/c1-2-24-14-6-4-3-5-13(14)21-17(22)15(16(19)18(21)23)11-7-9-12(20)10-8-11/h3-10H,2H2,1H3. The highest BCUT2D eigenvalue weighted by Gasteiger charge is 2.40. The number of carbonyl (C=O) groups is 2. The molecule has 4 nitrogen and oxygen atoms in total. The maximum atomic E-state index is 13.1. The van der Waals surface area contributed by atoms with Crippen LogP contribution in [-0.4, -0.2) is 18.4 Å². The summed E-state index contributed by atoms with van der Waals surface area (Å²) in [5.41, 5.74) is 0.758. The van der Waals surface area contributed by atoms with Gasteiger partial charge in [0.2, 0.25) is 0 Å². The molecule has 0 aromatic heterocycles. The molecule has 0 fully saturated rings. The topological polar surface area (TPSA) is 46.6 Å². The Morgan fingerprint density at radius 1 is 1.04 bits per heavy atom. The number of hydrogen-bond acceptors (Lipinski definition) is 3. The van der Waals surface area contributed by atoms with Crippen LogP contribution in [0.1, 0.15) is 12.5 Å². The molecule has 1 aliphatic heterocycles. The Morgan fingerprint density at radius 2 is 1.71 bits per heavy atom. The van der Waals surface area contributed by atoms with E-state index in [9.17, 15) is 14.0 Å². The SMILES string of the molecule is CCOc1ccccc1N1C(=O)C(Cl)=C(c2ccc(F)cc2)C1=O. The van der Waals surface area contributed by atoms with Gasteiger partial charge >= 0.3 is 0 Å². The lowest BCUT2D eigenvalue weighted by Crippen LogP contribution is -2.31. The van der Waals surface area contributed by atoms with Gasteiger partial charge in [-0.2, -0.15) is 0 Å². The predicted octanol–water partition coefficient (Wildman–Crippen LogP) is 3.75. The van der Waals surface area contributed by atoms with Crippen LogP contribution < -0.4 is 9.64 Å². The molecule has 122 valence electrons. The Kier molecular flexibility index (Phi) is 4.36. The third kappa shape index (κ3) is 2.67. The minimum atomic E-state index is -0.631. The summed E-state index contributed by atoms with van der Waals surface area (Å²) in [5, 5.41) is -0.196. The second-order valence-electron chi connectivity index (χ2n) is 5.04. The summed E-state index contributed by atoms with van der Waals surface area (Å²) in [6.45, 7) is 2.19. The molecule has 0 N–H and O–H groups in total. The average Bonchev–Trinajstić information content (AvgIpc) is 2.79. The first-order valence-electron chi connectivity index (χ1n) is 7.31. The lowest BCUT2D eigenvalue weighted by molar-refractivity contribution is -0.119. The van der Waals surface area contributed by atoms with Gasteiger partial charge < -0.3 is 4.74 Å². The van der Waals surface area contributed by atoms with Crippen molar-refractivity contribution in [3.63, 3.8) is 0 Å². The Labute approximate surface area is 143 Å². The van der Waals surface area contributed by atoms with Crippen molar-refractivity contribution in [1.82, 2.24) is 0 Å². The summed E-state index contributed by atoms with van der Waals surface area (Å²) in [6, 6.07) is 12.0. The second-order valence-corrected chi connectivity index (χ2v) is 5.42. The molecule has 2 amide bonds. The zero-order chi connectivity index (χ0) is 17.3. The molecule has 0 spiro atoms. The number of anilines is 1. The predicted molar refractivity (Wildman–Crippen MR) is 89.3 cm³/mol. The number of benzene rings is 2. The van der Waals surface area contributed by atoms with Crippen molar-refractivity contribution in [2.24, 2.45) is 0 Å². The molecular formula is C18H13ClFNO3. The Balaban J connectivity index is 2.05. The van der Waals surface area contributed by atoms with E-state index in [-0.39, 0.29) is 10.6 Å². The van der Waals surface area contributed by atoms with E-state index in [2.05, 4.69) is 0 Å². The number of para-hydroxylation sites is 2. The lowest BCUT2D eigenvalue weighted by atomic mass is 10.1. The molecule has 0 aliphatic carbocycles. The number of amides is 2. The molecule has 0 radical (unpaired) electrons. The van der Waals surface area contributed by atoms with Gasteiger partial charge in [-0.05, 0) is 36.8 Å². The number of hydrogen-bond donors (Lipinski definition) is 0. The third-order valence-corrected chi connectivity index (χ3v) is 3.92. The first kappa shape index (κ1) is 16.2. The largest absolute Gasteiger partial charge is 0.492 e. The molecule has 3 rings (SSSR count).